The molecule has 0 bridgehead atoms. The number of benzene rings is 2. The van der Waals surface area contributed by atoms with Crippen molar-refractivity contribution in [1.82, 2.24) is 15.8 Å². The first-order chi connectivity index (χ1) is 16.8. The zero-order valence-corrected chi connectivity index (χ0v) is 19.2. The molecule has 184 valence electrons. The van der Waals surface area contributed by atoms with Crippen LogP contribution in [0.25, 0.3) is 0 Å². The maximum atomic E-state index is 13.1. The highest BCUT2D eigenvalue weighted by atomic mass is 19.1. The van der Waals surface area contributed by atoms with Gasteiger partial charge in [0.2, 0.25) is 0 Å². The predicted octanol–water partition coefficient (Wildman–Crippen LogP) is 3.09. The highest BCUT2D eigenvalue weighted by Gasteiger charge is 2.52. The Hall–Kier alpha value is -3.95. The third kappa shape index (κ3) is 5.42. The summed E-state index contributed by atoms with van der Waals surface area (Å²) in [5, 5.41) is 3.36. The average Bonchev–Trinajstić information content (AvgIpc) is 3.08. The maximum Gasteiger partial charge on any atom is 0.344 e. The number of hydrogen-bond donors (Lipinski definition) is 2. The lowest BCUT2D eigenvalue weighted by molar-refractivity contribution is -0.141. The van der Waals surface area contributed by atoms with Gasteiger partial charge in [-0.3, -0.25) is 15.0 Å². The number of carbonyl (C=O) groups excluding carboxylic acids is 4. The summed E-state index contributed by atoms with van der Waals surface area (Å²) in [5.74, 6) is -1.82. The van der Waals surface area contributed by atoms with Gasteiger partial charge in [-0.1, -0.05) is 31.2 Å². The molecule has 2 aromatic rings. The number of esters is 1. The van der Waals surface area contributed by atoms with Crippen LogP contribution in [-0.4, -0.2) is 41.0 Å². The van der Waals surface area contributed by atoms with Gasteiger partial charge in [-0.2, -0.15) is 5.01 Å². The number of para-hydroxylation sites is 1. The molecule has 0 aromatic heterocycles. The molecule has 2 aromatic carbocycles. The van der Waals surface area contributed by atoms with E-state index in [4.69, 9.17) is 9.47 Å². The minimum atomic E-state index is -0.992. The van der Waals surface area contributed by atoms with Crippen molar-refractivity contribution in [2.45, 2.75) is 44.8 Å². The van der Waals surface area contributed by atoms with Crippen LogP contribution in [0, 0.1) is 11.7 Å². The van der Waals surface area contributed by atoms with E-state index in [1.54, 1.807) is 30.3 Å². The van der Waals surface area contributed by atoms with E-state index in [9.17, 15) is 23.6 Å². The van der Waals surface area contributed by atoms with Gasteiger partial charge in [-0.25, -0.2) is 14.0 Å². The number of imide groups is 1. The summed E-state index contributed by atoms with van der Waals surface area (Å²) in [4.78, 5) is 50.1. The molecule has 1 spiro atoms. The molecular weight excluding hydrogens is 457 g/mol. The highest BCUT2D eigenvalue weighted by molar-refractivity contribution is 6.08. The van der Waals surface area contributed by atoms with E-state index < -0.39 is 36.0 Å². The van der Waals surface area contributed by atoms with Gasteiger partial charge in [0, 0.05) is 0 Å². The molecule has 0 atom stereocenters. The first-order valence-corrected chi connectivity index (χ1v) is 11.4. The van der Waals surface area contributed by atoms with Crippen LogP contribution in [-0.2, 0) is 20.9 Å². The number of hydrazine groups is 1. The number of ether oxygens (including phenoxy) is 2. The molecule has 9 nitrogen and oxygen atoms in total. The number of urea groups is 1. The van der Waals surface area contributed by atoms with Gasteiger partial charge in [0.15, 0.2) is 6.61 Å². The zero-order chi connectivity index (χ0) is 25.0. The van der Waals surface area contributed by atoms with Crippen LogP contribution in [0.2, 0.25) is 0 Å². The number of rotatable bonds is 7. The summed E-state index contributed by atoms with van der Waals surface area (Å²) < 4.78 is 23.8. The Balaban J connectivity index is 1.32. The van der Waals surface area contributed by atoms with Crippen LogP contribution in [0.1, 0.15) is 48.5 Å². The Bertz CT molecular complexity index is 1130. The van der Waals surface area contributed by atoms with Crippen LogP contribution in [0.4, 0.5) is 9.18 Å². The van der Waals surface area contributed by atoms with Crippen molar-refractivity contribution in [1.29, 1.82) is 0 Å². The quantitative estimate of drug-likeness (QED) is 0.462. The molecule has 1 saturated heterocycles. The molecular formula is C25H26FN3O6. The van der Waals surface area contributed by atoms with E-state index in [0.717, 1.165) is 12.8 Å². The second-order valence-electron chi connectivity index (χ2n) is 8.86. The first kappa shape index (κ1) is 24.2. The smallest absolute Gasteiger partial charge is 0.344 e. The van der Waals surface area contributed by atoms with Gasteiger partial charge in [0.05, 0.1) is 0 Å². The van der Waals surface area contributed by atoms with E-state index >= 15 is 0 Å². The lowest BCUT2D eigenvalue weighted by Gasteiger charge is -2.33. The summed E-state index contributed by atoms with van der Waals surface area (Å²) in [5.41, 5.74) is 2.03. The Morgan fingerprint density at radius 2 is 1.80 bits per heavy atom. The number of halogens is 1. The van der Waals surface area contributed by atoms with Gasteiger partial charge >= 0.3 is 12.0 Å². The summed E-state index contributed by atoms with van der Waals surface area (Å²) >= 11 is 0. The number of carbonyl (C=O) groups is 4. The molecule has 4 amide bonds. The summed E-state index contributed by atoms with van der Waals surface area (Å²) in [6.07, 6.45) is 2.62. The molecule has 4 rings (SSSR count). The van der Waals surface area contributed by atoms with Crippen molar-refractivity contribution < 1.29 is 33.0 Å². The Labute approximate surface area is 201 Å². The maximum absolute atomic E-state index is 13.1. The second kappa shape index (κ2) is 10.1. The highest BCUT2D eigenvalue weighted by Crippen LogP contribution is 2.35. The van der Waals surface area contributed by atoms with E-state index in [2.05, 4.69) is 17.7 Å². The standard InChI is InChI=1S/C25H26FN3O6/c1-16-10-12-25(13-11-16)23(32)29(24(33)27-25)28-21(30)15-35-22(31)19-4-2-3-5-20(19)34-14-17-6-8-18(26)9-7-17/h2-9,16H,10-15H2,1H3,(H,27,33)(H,28,30). The van der Waals surface area contributed by atoms with Gasteiger partial charge < -0.3 is 14.8 Å². The van der Waals surface area contributed by atoms with E-state index in [0.29, 0.717) is 29.3 Å². The monoisotopic (exact) mass is 483 g/mol. The fourth-order valence-electron chi connectivity index (χ4n) is 4.18. The molecule has 2 N–H and O–H groups in total. The average molecular weight is 483 g/mol. The number of amides is 4. The number of hydrogen-bond acceptors (Lipinski definition) is 6. The van der Waals surface area contributed by atoms with Crippen LogP contribution >= 0.6 is 0 Å². The fourth-order valence-corrected chi connectivity index (χ4v) is 4.18. The van der Waals surface area contributed by atoms with Crippen molar-refractivity contribution in [3.05, 3.63) is 65.5 Å². The molecule has 1 aliphatic carbocycles. The lowest BCUT2D eigenvalue weighted by Crippen LogP contribution is -2.52. The zero-order valence-electron chi connectivity index (χ0n) is 19.2. The number of nitrogens with one attached hydrogen (secondary N) is 2. The van der Waals surface area contributed by atoms with Crippen molar-refractivity contribution in [2.24, 2.45) is 5.92 Å². The fraction of sp³-hybridized carbons (Fsp3) is 0.360. The topological polar surface area (TPSA) is 114 Å². The second-order valence-corrected chi connectivity index (χ2v) is 8.86. The molecule has 1 saturated carbocycles. The van der Waals surface area contributed by atoms with Crippen molar-refractivity contribution >= 4 is 23.8 Å². The molecule has 2 aliphatic rings. The van der Waals surface area contributed by atoms with Gasteiger partial charge in [-0.05, 0) is 61.4 Å². The molecule has 10 heteroatoms. The van der Waals surface area contributed by atoms with Gasteiger partial charge in [0.1, 0.15) is 29.3 Å². The lowest BCUT2D eigenvalue weighted by atomic mass is 9.77. The normalized spacial score (nSPS) is 21.5. The minimum absolute atomic E-state index is 0.0904. The van der Waals surface area contributed by atoms with Crippen LogP contribution in [0.3, 0.4) is 0 Å². The summed E-state index contributed by atoms with van der Waals surface area (Å²) in [6, 6.07) is 11.4. The molecule has 35 heavy (non-hydrogen) atoms. The van der Waals surface area contributed by atoms with E-state index in [-0.39, 0.29) is 23.7 Å². The molecule has 0 radical (unpaired) electrons. The van der Waals surface area contributed by atoms with Crippen molar-refractivity contribution in [3.8, 4) is 5.75 Å². The van der Waals surface area contributed by atoms with Gasteiger partial charge in [0.25, 0.3) is 11.8 Å². The number of nitrogens with zero attached hydrogens (tertiary/aromatic N) is 1. The van der Waals surface area contributed by atoms with Crippen molar-refractivity contribution in [2.75, 3.05) is 6.61 Å². The molecule has 1 heterocycles. The molecule has 0 unspecified atom stereocenters. The molecule has 2 fully saturated rings. The minimum Gasteiger partial charge on any atom is -0.488 e. The van der Waals surface area contributed by atoms with E-state index in [1.165, 1.54) is 18.2 Å². The van der Waals surface area contributed by atoms with Gasteiger partial charge in [-0.15, -0.1) is 0 Å². The van der Waals surface area contributed by atoms with E-state index in [1.807, 2.05) is 0 Å². The third-order valence-corrected chi connectivity index (χ3v) is 6.28. The van der Waals surface area contributed by atoms with Crippen LogP contribution in [0.15, 0.2) is 48.5 Å². The summed E-state index contributed by atoms with van der Waals surface area (Å²) in [6.45, 7) is 1.48. The molecule has 1 aliphatic heterocycles. The predicted molar refractivity (Wildman–Crippen MR) is 121 cm³/mol. The summed E-state index contributed by atoms with van der Waals surface area (Å²) in [7, 11) is 0. The van der Waals surface area contributed by atoms with Crippen molar-refractivity contribution in [3.63, 3.8) is 0 Å². The Morgan fingerprint density at radius 1 is 1.11 bits per heavy atom. The van der Waals surface area contributed by atoms with Crippen LogP contribution < -0.4 is 15.5 Å². The largest absolute Gasteiger partial charge is 0.488 e. The third-order valence-electron chi connectivity index (χ3n) is 6.28. The van der Waals surface area contributed by atoms with Crippen LogP contribution in [0.5, 0.6) is 5.75 Å². The Kier molecular flexibility index (Phi) is 6.99. The Morgan fingerprint density at radius 3 is 2.51 bits per heavy atom. The first-order valence-electron chi connectivity index (χ1n) is 11.4. The SMILES string of the molecule is CC1CCC2(CC1)NC(=O)N(NC(=O)COC(=O)c1ccccc1OCc1ccc(F)cc1)C2=O.